The maximum atomic E-state index is 12.5. The summed E-state index contributed by atoms with van der Waals surface area (Å²) in [6.07, 6.45) is 2.28. The fourth-order valence-corrected chi connectivity index (χ4v) is 3.74. The summed E-state index contributed by atoms with van der Waals surface area (Å²) in [6.45, 7) is 3.09. The zero-order chi connectivity index (χ0) is 18.7. The summed E-state index contributed by atoms with van der Waals surface area (Å²) in [5.41, 5.74) is 3.05. The Morgan fingerprint density at radius 2 is 2.27 bits per heavy atom. The molecule has 2 heterocycles. The molecule has 140 valence electrons. The van der Waals surface area contributed by atoms with Crippen molar-refractivity contribution >= 4 is 15.9 Å². The molecule has 1 fully saturated rings. The lowest BCUT2D eigenvalue weighted by atomic mass is 10.1. The van der Waals surface area contributed by atoms with Gasteiger partial charge in [-0.2, -0.15) is 9.40 Å². The number of hydrogen-bond acceptors (Lipinski definition) is 5. The second-order valence-electron chi connectivity index (χ2n) is 6.35. The number of aromatic amines is 1. The van der Waals surface area contributed by atoms with Crippen molar-refractivity contribution in [1.29, 1.82) is 0 Å². The molecule has 9 heteroatoms. The first kappa shape index (κ1) is 18.6. The number of aromatic nitrogens is 2. The topological polar surface area (TPSA) is 104 Å². The predicted molar refractivity (Wildman–Crippen MR) is 97.3 cm³/mol. The molecule has 1 saturated heterocycles. The summed E-state index contributed by atoms with van der Waals surface area (Å²) in [5.74, 6) is -0.282. The summed E-state index contributed by atoms with van der Waals surface area (Å²) >= 11 is 0. The second kappa shape index (κ2) is 7.56. The van der Waals surface area contributed by atoms with Crippen LogP contribution >= 0.6 is 0 Å². The average Bonchev–Trinajstić information content (AvgIpc) is 3.09. The monoisotopic (exact) mass is 378 g/mol. The van der Waals surface area contributed by atoms with E-state index in [-0.39, 0.29) is 25.1 Å². The molecule has 1 atom stereocenters. The van der Waals surface area contributed by atoms with Crippen LogP contribution in [0.5, 0.6) is 0 Å². The lowest BCUT2D eigenvalue weighted by Crippen LogP contribution is -2.49. The fraction of sp³-hybridized carbons (Fsp3) is 0.412. The van der Waals surface area contributed by atoms with E-state index >= 15 is 0 Å². The number of nitrogens with zero attached hydrogens (tertiary/aromatic N) is 2. The number of morpholine rings is 1. The Morgan fingerprint density at radius 1 is 1.46 bits per heavy atom. The van der Waals surface area contributed by atoms with Crippen molar-refractivity contribution in [2.45, 2.75) is 13.0 Å². The molecule has 1 aromatic carbocycles. The fourth-order valence-electron chi connectivity index (χ4n) is 2.90. The third kappa shape index (κ3) is 4.29. The van der Waals surface area contributed by atoms with Crippen LogP contribution in [-0.4, -0.2) is 67.4 Å². The summed E-state index contributed by atoms with van der Waals surface area (Å²) in [4.78, 5) is 12.5. The van der Waals surface area contributed by atoms with Gasteiger partial charge >= 0.3 is 0 Å². The van der Waals surface area contributed by atoms with E-state index in [1.807, 2.05) is 31.2 Å². The number of H-pyrrole nitrogens is 1. The van der Waals surface area contributed by atoms with Crippen LogP contribution in [0, 0.1) is 6.92 Å². The van der Waals surface area contributed by atoms with Gasteiger partial charge in [0, 0.05) is 25.2 Å². The highest BCUT2D eigenvalue weighted by molar-refractivity contribution is 7.88. The van der Waals surface area contributed by atoms with Gasteiger partial charge in [-0.05, 0) is 13.0 Å². The number of hydrogen-bond donors (Lipinski definition) is 2. The number of aryl methyl sites for hydroxylation is 1. The first-order valence-electron chi connectivity index (χ1n) is 8.30. The molecule has 1 aliphatic rings. The van der Waals surface area contributed by atoms with E-state index in [1.165, 1.54) is 16.8 Å². The SMILES string of the molecule is Cc1cccc(-c2[nH]ncc2C(=O)NCC2CN(S(C)(=O)=O)CCO2)c1. The molecule has 1 aliphatic heterocycles. The lowest BCUT2D eigenvalue weighted by Gasteiger charge is -2.31. The Morgan fingerprint density at radius 3 is 3.00 bits per heavy atom. The van der Waals surface area contributed by atoms with Crippen molar-refractivity contribution in [2.24, 2.45) is 0 Å². The zero-order valence-electron chi connectivity index (χ0n) is 14.7. The minimum atomic E-state index is -3.26. The molecule has 0 radical (unpaired) electrons. The standard InChI is InChI=1S/C17H22N4O4S/c1-12-4-3-5-13(8-12)16-15(10-19-20-16)17(22)18-9-14-11-21(6-7-25-14)26(2,23)24/h3-5,8,10,14H,6-7,9,11H2,1-2H3,(H,18,22)(H,19,20). The van der Waals surface area contributed by atoms with E-state index in [1.54, 1.807) is 0 Å². The molecule has 0 bridgehead atoms. The number of carbonyl (C=O) groups is 1. The van der Waals surface area contributed by atoms with Crippen LogP contribution in [0.2, 0.25) is 0 Å². The van der Waals surface area contributed by atoms with Crippen LogP contribution < -0.4 is 5.32 Å². The first-order chi connectivity index (χ1) is 12.3. The summed E-state index contributed by atoms with van der Waals surface area (Å²) < 4.78 is 30.2. The maximum Gasteiger partial charge on any atom is 0.255 e. The van der Waals surface area contributed by atoms with Crippen LogP contribution in [0.4, 0.5) is 0 Å². The van der Waals surface area contributed by atoms with Crippen molar-refractivity contribution in [2.75, 3.05) is 32.5 Å². The van der Waals surface area contributed by atoms with Gasteiger partial charge < -0.3 is 10.1 Å². The first-order valence-corrected chi connectivity index (χ1v) is 10.1. The summed E-state index contributed by atoms with van der Waals surface area (Å²) in [5, 5.41) is 9.66. The molecule has 26 heavy (non-hydrogen) atoms. The number of nitrogens with one attached hydrogen (secondary N) is 2. The van der Waals surface area contributed by atoms with Crippen molar-refractivity contribution < 1.29 is 17.9 Å². The number of sulfonamides is 1. The normalized spacial score (nSPS) is 18.6. The molecule has 2 aromatic rings. The largest absolute Gasteiger partial charge is 0.374 e. The molecular formula is C17H22N4O4S. The molecule has 1 aromatic heterocycles. The van der Waals surface area contributed by atoms with Crippen LogP contribution in [0.1, 0.15) is 15.9 Å². The van der Waals surface area contributed by atoms with Crippen molar-refractivity contribution in [3.8, 4) is 11.3 Å². The molecule has 1 amide bonds. The maximum absolute atomic E-state index is 12.5. The van der Waals surface area contributed by atoms with E-state index in [9.17, 15) is 13.2 Å². The minimum absolute atomic E-state index is 0.225. The predicted octanol–water partition coefficient (Wildman–Crippen LogP) is 0.775. The molecule has 3 rings (SSSR count). The van der Waals surface area contributed by atoms with Crippen molar-refractivity contribution in [3.05, 3.63) is 41.6 Å². The van der Waals surface area contributed by atoms with Crippen molar-refractivity contribution in [1.82, 2.24) is 19.8 Å². The molecular weight excluding hydrogens is 356 g/mol. The minimum Gasteiger partial charge on any atom is -0.374 e. The van der Waals surface area contributed by atoms with Gasteiger partial charge in [-0.1, -0.05) is 23.8 Å². The van der Waals surface area contributed by atoms with Gasteiger partial charge in [0.15, 0.2) is 0 Å². The second-order valence-corrected chi connectivity index (χ2v) is 8.33. The van der Waals surface area contributed by atoms with Crippen LogP contribution in [0.3, 0.4) is 0 Å². The Bertz CT molecular complexity index is 894. The van der Waals surface area contributed by atoms with Gasteiger partial charge in [0.25, 0.3) is 5.91 Å². The van der Waals surface area contributed by atoms with Gasteiger partial charge in [0.05, 0.1) is 36.4 Å². The number of carbonyl (C=O) groups excluding carboxylic acids is 1. The molecule has 0 saturated carbocycles. The Hall–Kier alpha value is -2.23. The molecule has 2 N–H and O–H groups in total. The molecule has 0 aliphatic carbocycles. The molecule has 8 nitrogen and oxygen atoms in total. The molecule has 0 spiro atoms. The third-order valence-corrected chi connectivity index (χ3v) is 5.52. The average molecular weight is 378 g/mol. The number of ether oxygens (including phenoxy) is 1. The van der Waals surface area contributed by atoms with Gasteiger partial charge in [0.1, 0.15) is 0 Å². The van der Waals surface area contributed by atoms with Gasteiger partial charge in [-0.25, -0.2) is 8.42 Å². The van der Waals surface area contributed by atoms with E-state index in [4.69, 9.17) is 4.74 Å². The summed E-state index contributed by atoms with van der Waals surface area (Å²) in [6, 6.07) is 7.78. The smallest absolute Gasteiger partial charge is 0.255 e. The van der Waals surface area contributed by atoms with Gasteiger partial charge in [-0.3, -0.25) is 9.89 Å². The van der Waals surface area contributed by atoms with E-state index in [0.29, 0.717) is 24.4 Å². The Labute approximate surface area is 152 Å². The number of amides is 1. The van der Waals surface area contributed by atoms with Crippen LogP contribution in [0.25, 0.3) is 11.3 Å². The van der Waals surface area contributed by atoms with Crippen LogP contribution in [-0.2, 0) is 14.8 Å². The van der Waals surface area contributed by atoms with E-state index in [0.717, 1.165) is 11.1 Å². The quantitative estimate of drug-likeness (QED) is 0.800. The van der Waals surface area contributed by atoms with E-state index < -0.39 is 10.0 Å². The van der Waals surface area contributed by atoms with Gasteiger partial charge in [-0.15, -0.1) is 0 Å². The summed E-state index contributed by atoms with van der Waals surface area (Å²) in [7, 11) is -3.26. The Balaban J connectivity index is 1.66. The third-order valence-electron chi connectivity index (χ3n) is 4.25. The van der Waals surface area contributed by atoms with Crippen molar-refractivity contribution in [3.63, 3.8) is 0 Å². The molecule has 1 unspecified atom stereocenters. The lowest BCUT2D eigenvalue weighted by molar-refractivity contribution is 0.000442. The highest BCUT2D eigenvalue weighted by atomic mass is 32.2. The number of rotatable bonds is 5. The number of benzene rings is 1. The zero-order valence-corrected chi connectivity index (χ0v) is 15.5. The Kier molecular flexibility index (Phi) is 5.40. The highest BCUT2D eigenvalue weighted by Crippen LogP contribution is 2.22. The van der Waals surface area contributed by atoms with Crippen LogP contribution in [0.15, 0.2) is 30.5 Å². The van der Waals surface area contributed by atoms with Gasteiger partial charge in [0.2, 0.25) is 10.0 Å². The highest BCUT2D eigenvalue weighted by Gasteiger charge is 2.27. The van der Waals surface area contributed by atoms with E-state index in [2.05, 4.69) is 15.5 Å².